The van der Waals surface area contributed by atoms with Crippen molar-refractivity contribution in [3.8, 4) is 28.8 Å². The van der Waals surface area contributed by atoms with E-state index in [1.807, 2.05) is 73.8 Å². The van der Waals surface area contributed by atoms with Crippen molar-refractivity contribution in [2.45, 2.75) is 13.8 Å². The lowest BCUT2D eigenvalue weighted by molar-refractivity contribution is 0.340. The van der Waals surface area contributed by atoms with Crippen LogP contribution in [0.5, 0.6) is 11.5 Å². The van der Waals surface area contributed by atoms with Crippen molar-refractivity contribution in [1.29, 1.82) is 5.26 Å². The van der Waals surface area contributed by atoms with Crippen LogP contribution in [0.25, 0.3) is 22.9 Å². The molecule has 0 unspecified atom stereocenters. The van der Waals surface area contributed by atoms with Crippen LogP contribution in [0.3, 0.4) is 0 Å². The standard InChI is InChI=1S/C22H20N2O2S/c1-3-25-19-9-5-16(6-10-19)13-18(14-23)22-24-21(15-27-22)17-7-11-20(12-8-17)26-4-2/h5-13,15H,3-4H2,1-2H3/b18-13+. The smallest absolute Gasteiger partial charge is 0.134 e. The van der Waals surface area contributed by atoms with Crippen LogP contribution in [-0.2, 0) is 0 Å². The molecule has 5 heteroatoms. The van der Waals surface area contributed by atoms with E-state index in [0.29, 0.717) is 23.8 Å². The second-order valence-electron chi connectivity index (χ2n) is 5.67. The van der Waals surface area contributed by atoms with Crippen LogP contribution in [0, 0.1) is 11.3 Å². The third-order valence-corrected chi connectivity index (χ3v) is 4.69. The maximum atomic E-state index is 9.56. The van der Waals surface area contributed by atoms with Crippen LogP contribution in [0.4, 0.5) is 0 Å². The summed E-state index contributed by atoms with van der Waals surface area (Å²) in [6.07, 6.45) is 1.84. The summed E-state index contributed by atoms with van der Waals surface area (Å²) in [5.41, 5.74) is 3.33. The first-order chi connectivity index (χ1) is 13.2. The second kappa shape index (κ2) is 9.02. The lowest BCUT2D eigenvalue weighted by Gasteiger charge is -2.03. The molecule has 0 bridgehead atoms. The van der Waals surface area contributed by atoms with Gasteiger partial charge in [0.2, 0.25) is 0 Å². The second-order valence-corrected chi connectivity index (χ2v) is 6.53. The maximum absolute atomic E-state index is 9.56. The van der Waals surface area contributed by atoms with E-state index < -0.39 is 0 Å². The Kier molecular flexibility index (Phi) is 6.24. The minimum atomic E-state index is 0.543. The van der Waals surface area contributed by atoms with Crippen LogP contribution in [-0.4, -0.2) is 18.2 Å². The van der Waals surface area contributed by atoms with Gasteiger partial charge in [-0.05, 0) is 61.9 Å². The van der Waals surface area contributed by atoms with Gasteiger partial charge in [0.25, 0.3) is 0 Å². The fourth-order valence-electron chi connectivity index (χ4n) is 2.55. The van der Waals surface area contributed by atoms with Gasteiger partial charge in [-0.2, -0.15) is 5.26 Å². The van der Waals surface area contributed by atoms with Crippen molar-refractivity contribution in [2.75, 3.05) is 13.2 Å². The van der Waals surface area contributed by atoms with Gasteiger partial charge in [0.1, 0.15) is 22.6 Å². The van der Waals surface area contributed by atoms with Gasteiger partial charge in [-0.25, -0.2) is 4.98 Å². The Bertz CT molecular complexity index is 951. The zero-order chi connectivity index (χ0) is 19.1. The number of nitriles is 1. The molecule has 0 fully saturated rings. The van der Waals surface area contributed by atoms with Crippen LogP contribution in [0.2, 0.25) is 0 Å². The predicted octanol–water partition coefficient (Wildman–Crippen LogP) is 5.67. The Labute approximate surface area is 163 Å². The van der Waals surface area contributed by atoms with Crippen molar-refractivity contribution in [1.82, 2.24) is 4.98 Å². The van der Waals surface area contributed by atoms with Crippen molar-refractivity contribution < 1.29 is 9.47 Å². The lowest BCUT2D eigenvalue weighted by Crippen LogP contribution is -1.91. The van der Waals surface area contributed by atoms with Gasteiger partial charge >= 0.3 is 0 Å². The van der Waals surface area contributed by atoms with Gasteiger partial charge in [0, 0.05) is 10.9 Å². The number of hydrogen-bond donors (Lipinski definition) is 0. The van der Waals surface area contributed by atoms with E-state index in [0.717, 1.165) is 28.3 Å². The van der Waals surface area contributed by atoms with Crippen molar-refractivity contribution in [2.24, 2.45) is 0 Å². The Morgan fingerprint density at radius 1 is 1.00 bits per heavy atom. The SMILES string of the molecule is CCOc1ccc(/C=C(\C#N)c2nc(-c3ccc(OCC)cc3)cs2)cc1. The first kappa shape index (κ1) is 18.7. The monoisotopic (exact) mass is 376 g/mol. The Hall–Kier alpha value is -3.10. The number of benzene rings is 2. The Morgan fingerprint density at radius 2 is 1.59 bits per heavy atom. The molecule has 0 saturated carbocycles. The van der Waals surface area contributed by atoms with Crippen molar-refractivity contribution in [3.63, 3.8) is 0 Å². The molecule has 0 spiro atoms. The summed E-state index contributed by atoms with van der Waals surface area (Å²) in [7, 11) is 0. The number of aromatic nitrogens is 1. The summed E-state index contributed by atoms with van der Waals surface area (Å²) >= 11 is 1.46. The zero-order valence-electron chi connectivity index (χ0n) is 15.3. The van der Waals surface area contributed by atoms with Gasteiger partial charge in [-0.3, -0.25) is 0 Å². The first-order valence-electron chi connectivity index (χ1n) is 8.77. The molecule has 2 aromatic carbocycles. The largest absolute Gasteiger partial charge is 0.494 e. The van der Waals surface area contributed by atoms with Crippen molar-refractivity contribution >= 4 is 23.0 Å². The van der Waals surface area contributed by atoms with Crippen molar-refractivity contribution in [3.05, 3.63) is 64.5 Å². The molecular weight excluding hydrogens is 356 g/mol. The number of thiazole rings is 1. The first-order valence-corrected chi connectivity index (χ1v) is 9.65. The van der Waals surface area contributed by atoms with Gasteiger partial charge in [-0.15, -0.1) is 11.3 Å². The molecule has 27 heavy (non-hydrogen) atoms. The molecule has 0 radical (unpaired) electrons. The molecule has 0 saturated heterocycles. The van der Waals surface area contributed by atoms with Gasteiger partial charge in [0.15, 0.2) is 0 Å². The van der Waals surface area contributed by atoms with E-state index in [2.05, 4.69) is 11.1 Å². The number of nitrogens with zero attached hydrogens (tertiary/aromatic N) is 2. The average molecular weight is 376 g/mol. The summed E-state index contributed by atoms with van der Waals surface area (Å²) in [5, 5.41) is 12.2. The topological polar surface area (TPSA) is 55.1 Å². The fourth-order valence-corrected chi connectivity index (χ4v) is 3.35. The molecule has 3 rings (SSSR count). The van der Waals surface area contributed by atoms with E-state index in [-0.39, 0.29) is 0 Å². The lowest BCUT2D eigenvalue weighted by atomic mass is 10.1. The number of ether oxygens (including phenoxy) is 2. The number of rotatable bonds is 7. The molecule has 4 nitrogen and oxygen atoms in total. The third kappa shape index (κ3) is 4.75. The Balaban J connectivity index is 1.81. The van der Waals surface area contributed by atoms with Crippen LogP contribution < -0.4 is 9.47 Å². The third-order valence-electron chi connectivity index (χ3n) is 3.82. The van der Waals surface area contributed by atoms with Crippen LogP contribution in [0.1, 0.15) is 24.4 Å². The zero-order valence-corrected chi connectivity index (χ0v) is 16.1. The summed E-state index contributed by atoms with van der Waals surface area (Å²) < 4.78 is 10.9. The molecule has 1 heterocycles. The highest BCUT2D eigenvalue weighted by Gasteiger charge is 2.09. The molecule has 1 aromatic heterocycles. The van der Waals surface area contributed by atoms with Crippen LogP contribution >= 0.6 is 11.3 Å². The van der Waals surface area contributed by atoms with E-state index in [4.69, 9.17) is 9.47 Å². The van der Waals surface area contributed by atoms with Gasteiger partial charge in [-0.1, -0.05) is 12.1 Å². The van der Waals surface area contributed by atoms with E-state index in [9.17, 15) is 5.26 Å². The highest BCUT2D eigenvalue weighted by atomic mass is 32.1. The summed E-state index contributed by atoms with van der Waals surface area (Å²) in [6.45, 7) is 5.18. The minimum Gasteiger partial charge on any atom is -0.494 e. The summed E-state index contributed by atoms with van der Waals surface area (Å²) in [5.74, 6) is 1.66. The normalized spacial score (nSPS) is 11.1. The highest BCUT2D eigenvalue weighted by Crippen LogP contribution is 2.28. The number of hydrogen-bond acceptors (Lipinski definition) is 5. The van der Waals surface area contributed by atoms with E-state index in [1.54, 1.807) is 0 Å². The van der Waals surface area contributed by atoms with E-state index in [1.165, 1.54) is 11.3 Å². The quantitative estimate of drug-likeness (QED) is 0.498. The molecular formula is C22H20N2O2S. The highest BCUT2D eigenvalue weighted by molar-refractivity contribution is 7.11. The maximum Gasteiger partial charge on any atom is 0.134 e. The number of allylic oxidation sites excluding steroid dienone is 1. The minimum absolute atomic E-state index is 0.543. The molecule has 0 atom stereocenters. The fraction of sp³-hybridized carbons (Fsp3) is 0.182. The van der Waals surface area contributed by atoms with E-state index >= 15 is 0 Å². The molecule has 3 aromatic rings. The van der Waals surface area contributed by atoms with Gasteiger partial charge in [0.05, 0.1) is 24.5 Å². The summed E-state index contributed by atoms with van der Waals surface area (Å²) in [4.78, 5) is 4.63. The van der Waals surface area contributed by atoms with Crippen LogP contribution in [0.15, 0.2) is 53.9 Å². The molecule has 0 aliphatic rings. The molecule has 0 N–H and O–H groups in total. The van der Waals surface area contributed by atoms with Gasteiger partial charge < -0.3 is 9.47 Å². The molecule has 0 amide bonds. The Morgan fingerprint density at radius 3 is 2.15 bits per heavy atom. The molecule has 0 aliphatic heterocycles. The summed E-state index contributed by atoms with van der Waals surface area (Å²) in [6, 6.07) is 17.7. The average Bonchev–Trinajstić information content (AvgIpc) is 3.18. The molecule has 136 valence electrons. The molecule has 0 aliphatic carbocycles. The predicted molar refractivity (Wildman–Crippen MR) is 110 cm³/mol.